The minimum absolute atomic E-state index is 0.0308. The van der Waals surface area contributed by atoms with Gasteiger partial charge in [0.2, 0.25) is 5.91 Å². The van der Waals surface area contributed by atoms with E-state index in [1.807, 2.05) is 27.7 Å². The Balaban J connectivity index is 1.79. The highest BCUT2D eigenvalue weighted by Gasteiger charge is 2.52. The highest BCUT2D eigenvalue weighted by molar-refractivity contribution is 6.62. The lowest BCUT2D eigenvalue weighted by Crippen LogP contribution is -2.46. The minimum atomic E-state index is -4.32. The number of piperidine rings is 1. The maximum absolute atomic E-state index is 13.9. The number of carbonyl (C=O) groups is 1. The van der Waals surface area contributed by atoms with Crippen molar-refractivity contribution in [2.75, 3.05) is 13.1 Å². The zero-order chi connectivity index (χ0) is 21.6. The Labute approximate surface area is 168 Å². The first-order valence-electron chi connectivity index (χ1n) is 9.78. The number of rotatable bonds is 3. The lowest BCUT2D eigenvalue weighted by molar-refractivity contribution is -0.187. The van der Waals surface area contributed by atoms with Crippen molar-refractivity contribution in [1.82, 2.24) is 4.90 Å². The molecule has 4 nitrogen and oxygen atoms in total. The van der Waals surface area contributed by atoms with Crippen LogP contribution in [0.5, 0.6) is 0 Å². The molecular formula is C20H26BF4NO3. The van der Waals surface area contributed by atoms with Crippen molar-refractivity contribution < 1.29 is 31.7 Å². The van der Waals surface area contributed by atoms with E-state index in [9.17, 15) is 22.4 Å². The zero-order valence-corrected chi connectivity index (χ0v) is 17.1. The van der Waals surface area contributed by atoms with E-state index in [-0.39, 0.29) is 19.4 Å². The van der Waals surface area contributed by atoms with Crippen LogP contribution in [0, 0.1) is 11.7 Å². The fraction of sp³-hybridized carbons (Fsp3) is 0.650. The third kappa shape index (κ3) is 4.61. The van der Waals surface area contributed by atoms with Crippen molar-refractivity contribution in [2.24, 2.45) is 5.92 Å². The summed E-state index contributed by atoms with van der Waals surface area (Å²) in [6.45, 7) is 7.41. The molecule has 2 saturated heterocycles. The second kappa shape index (κ2) is 7.58. The predicted octanol–water partition coefficient (Wildman–Crippen LogP) is 3.47. The molecule has 29 heavy (non-hydrogen) atoms. The van der Waals surface area contributed by atoms with E-state index in [0.29, 0.717) is 24.0 Å². The van der Waals surface area contributed by atoms with Crippen LogP contribution in [0.15, 0.2) is 18.2 Å². The van der Waals surface area contributed by atoms with Gasteiger partial charge in [0, 0.05) is 13.1 Å². The first kappa shape index (κ1) is 22.1. The molecule has 0 bridgehead atoms. The van der Waals surface area contributed by atoms with Crippen LogP contribution in [-0.4, -0.2) is 48.4 Å². The van der Waals surface area contributed by atoms with E-state index in [2.05, 4.69) is 0 Å². The number of nitrogens with zero attached hydrogens (tertiary/aromatic N) is 1. The normalized spacial score (nSPS) is 24.1. The predicted molar refractivity (Wildman–Crippen MR) is 101 cm³/mol. The third-order valence-corrected chi connectivity index (χ3v) is 6.19. The van der Waals surface area contributed by atoms with Crippen molar-refractivity contribution in [2.45, 2.75) is 64.3 Å². The molecule has 1 aromatic rings. The van der Waals surface area contributed by atoms with Gasteiger partial charge in [-0.1, -0.05) is 6.07 Å². The molecule has 2 fully saturated rings. The van der Waals surface area contributed by atoms with Crippen molar-refractivity contribution in [3.63, 3.8) is 0 Å². The Morgan fingerprint density at radius 1 is 1.21 bits per heavy atom. The topological polar surface area (TPSA) is 38.8 Å². The van der Waals surface area contributed by atoms with Gasteiger partial charge in [-0.25, -0.2) is 4.39 Å². The molecule has 3 rings (SSSR count). The number of likely N-dealkylation sites (tertiary alicyclic amines) is 1. The van der Waals surface area contributed by atoms with Crippen LogP contribution in [0.25, 0.3) is 0 Å². The highest BCUT2D eigenvalue weighted by atomic mass is 19.4. The maximum Gasteiger partial charge on any atom is 0.495 e. The summed E-state index contributed by atoms with van der Waals surface area (Å²) in [5.41, 5.74) is -0.402. The summed E-state index contributed by atoms with van der Waals surface area (Å²) in [4.78, 5) is 14.0. The van der Waals surface area contributed by atoms with Gasteiger partial charge in [-0.3, -0.25) is 4.79 Å². The number of halogens is 4. The average Bonchev–Trinajstić information content (AvgIpc) is 2.83. The first-order valence-corrected chi connectivity index (χ1v) is 9.78. The Kier molecular flexibility index (Phi) is 5.77. The molecule has 160 valence electrons. The average molecular weight is 415 g/mol. The molecule has 0 spiro atoms. The van der Waals surface area contributed by atoms with E-state index < -0.39 is 42.1 Å². The minimum Gasteiger partial charge on any atom is -0.399 e. The van der Waals surface area contributed by atoms with Gasteiger partial charge in [0.05, 0.1) is 23.5 Å². The molecule has 2 aliphatic heterocycles. The lowest BCUT2D eigenvalue weighted by atomic mass is 9.75. The van der Waals surface area contributed by atoms with Gasteiger partial charge in [0.25, 0.3) is 0 Å². The van der Waals surface area contributed by atoms with Gasteiger partial charge in [-0.15, -0.1) is 0 Å². The van der Waals surface area contributed by atoms with Crippen molar-refractivity contribution >= 4 is 18.5 Å². The molecule has 0 N–H and O–H groups in total. The zero-order valence-electron chi connectivity index (χ0n) is 17.1. The van der Waals surface area contributed by atoms with Crippen LogP contribution in [0.3, 0.4) is 0 Å². The van der Waals surface area contributed by atoms with E-state index in [1.54, 1.807) is 0 Å². The smallest absolute Gasteiger partial charge is 0.399 e. The van der Waals surface area contributed by atoms with Crippen molar-refractivity contribution in [3.8, 4) is 0 Å². The van der Waals surface area contributed by atoms with Crippen molar-refractivity contribution in [3.05, 3.63) is 29.6 Å². The molecule has 1 unspecified atom stereocenters. The second-order valence-corrected chi connectivity index (χ2v) is 8.83. The molecule has 1 amide bonds. The van der Waals surface area contributed by atoms with Crippen LogP contribution in [-0.2, 0) is 20.5 Å². The summed E-state index contributed by atoms with van der Waals surface area (Å²) in [6.07, 6.45) is -4.11. The largest absolute Gasteiger partial charge is 0.495 e. The summed E-state index contributed by atoms with van der Waals surface area (Å²) in [5.74, 6) is -2.42. The van der Waals surface area contributed by atoms with Gasteiger partial charge in [0.15, 0.2) is 0 Å². The van der Waals surface area contributed by atoms with Gasteiger partial charge >= 0.3 is 13.3 Å². The number of alkyl halides is 3. The fourth-order valence-corrected chi connectivity index (χ4v) is 3.66. The molecule has 0 aliphatic carbocycles. The van der Waals surface area contributed by atoms with Crippen LogP contribution in [0.4, 0.5) is 17.6 Å². The molecule has 0 saturated carbocycles. The first-order chi connectivity index (χ1) is 13.3. The molecule has 1 aromatic carbocycles. The quantitative estimate of drug-likeness (QED) is 0.561. The highest BCUT2D eigenvalue weighted by Crippen LogP contribution is 2.37. The van der Waals surface area contributed by atoms with Gasteiger partial charge in [-0.05, 0) is 63.7 Å². The number of hydrogen-bond acceptors (Lipinski definition) is 3. The number of benzene rings is 1. The van der Waals surface area contributed by atoms with E-state index in [4.69, 9.17) is 9.31 Å². The number of carbonyl (C=O) groups excluding carboxylic acids is 1. The maximum atomic E-state index is 13.9. The van der Waals surface area contributed by atoms with Crippen LogP contribution >= 0.6 is 0 Å². The van der Waals surface area contributed by atoms with Gasteiger partial charge in [-0.2, -0.15) is 13.2 Å². The molecule has 0 radical (unpaired) electrons. The summed E-state index contributed by atoms with van der Waals surface area (Å²) in [7, 11) is -0.859. The molecule has 2 aliphatic rings. The number of amides is 1. The fourth-order valence-electron chi connectivity index (χ4n) is 3.66. The summed E-state index contributed by atoms with van der Waals surface area (Å²) in [6, 6.07) is 3.96. The second-order valence-electron chi connectivity index (χ2n) is 8.83. The van der Waals surface area contributed by atoms with E-state index in [0.717, 1.165) is 0 Å². The lowest BCUT2D eigenvalue weighted by Gasteiger charge is -2.34. The number of hydrogen-bond donors (Lipinski definition) is 0. The van der Waals surface area contributed by atoms with Crippen LogP contribution in [0.2, 0.25) is 0 Å². The third-order valence-electron chi connectivity index (χ3n) is 6.19. The molecule has 0 aromatic heterocycles. The summed E-state index contributed by atoms with van der Waals surface area (Å²) < 4.78 is 65.0. The SMILES string of the molecule is CC1(C)OB(c2cc(F)ccc2CC(=O)N2CCCC(C(F)(F)F)C2)OC1(C)C. The summed E-state index contributed by atoms with van der Waals surface area (Å²) >= 11 is 0. The molecule has 1 atom stereocenters. The van der Waals surface area contributed by atoms with E-state index in [1.165, 1.54) is 23.1 Å². The van der Waals surface area contributed by atoms with E-state index >= 15 is 0 Å². The monoisotopic (exact) mass is 415 g/mol. The Morgan fingerprint density at radius 3 is 2.41 bits per heavy atom. The van der Waals surface area contributed by atoms with Crippen LogP contribution < -0.4 is 5.46 Å². The van der Waals surface area contributed by atoms with Gasteiger partial charge < -0.3 is 14.2 Å². The standard InChI is InChI=1S/C20H26BF4NO3/c1-18(2)19(3,4)29-21(28-18)16-11-15(22)8-7-13(16)10-17(27)26-9-5-6-14(12-26)20(23,24)25/h7-8,11,14H,5-6,9-10,12H2,1-4H3. The molecule has 9 heteroatoms. The molecule has 2 heterocycles. The van der Waals surface area contributed by atoms with Gasteiger partial charge in [0.1, 0.15) is 5.82 Å². The van der Waals surface area contributed by atoms with Crippen molar-refractivity contribution in [1.29, 1.82) is 0 Å². The Hall–Kier alpha value is -1.61. The van der Waals surface area contributed by atoms with Crippen LogP contribution in [0.1, 0.15) is 46.1 Å². The Bertz CT molecular complexity index is 765. The Morgan fingerprint density at radius 2 is 1.83 bits per heavy atom. The molecular weight excluding hydrogens is 389 g/mol. The summed E-state index contributed by atoms with van der Waals surface area (Å²) in [5, 5.41) is 0.